The van der Waals surface area contributed by atoms with Gasteiger partial charge in [-0.05, 0) is 56.2 Å². The first-order valence-electron chi connectivity index (χ1n) is 9.49. The number of rotatable bonds is 7. The van der Waals surface area contributed by atoms with E-state index in [1.165, 1.54) is 12.8 Å². The van der Waals surface area contributed by atoms with Gasteiger partial charge in [-0.2, -0.15) is 0 Å². The maximum Gasteiger partial charge on any atom is 0.408 e. The summed E-state index contributed by atoms with van der Waals surface area (Å²) in [6, 6.07) is 5.96. The van der Waals surface area contributed by atoms with E-state index in [0.717, 1.165) is 55.6 Å². The van der Waals surface area contributed by atoms with Gasteiger partial charge in [-0.15, -0.1) is 0 Å². The molecule has 1 atom stereocenters. The molecule has 1 aromatic rings. The molecular formula is C20H29NO4. The van der Waals surface area contributed by atoms with Crippen molar-refractivity contribution in [2.45, 2.75) is 70.0 Å². The second-order valence-electron chi connectivity index (χ2n) is 7.05. The number of carbonyl (C=O) groups excluding carboxylic acids is 1. The normalized spacial score (nSPS) is 23.8. The van der Waals surface area contributed by atoms with Gasteiger partial charge in [0.05, 0.1) is 13.2 Å². The molecule has 1 aliphatic carbocycles. The molecule has 0 radical (unpaired) electrons. The number of benzene rings is 1. The van der Waals surface area contributed by atoms with Gasteiger partial charge in [0.25, 0.3) is 0 Å². The average Bonchev–Trinajstić information content (AvgIpc) is 3.13. The Bertz CT molecular complexity index is 597. The molecule has 5 nitrogen and oxygen atoms in total. The summed E-state index contributed by atoms with van der Waals surface area (Å²) in [5.74, 6) is 1.50. The van der Waals surface area contributed by atoms with Gasteiger partial charge in [0.15, 0.2) is 11.5 Å². The van der Waals surface area contributed by atoms with Crippen LogP contribution in [0, 0.1) is 0 Å². The minimum absolute atomic E-state index is 0.256. The molecule has 1 amide bonds. The highest BCUT2D eigenvalue weighted by molar-refractivity contribution is 5.69. The SMILES string of the molecule is CCCCC1(c2ccc(OC)c(OC3CCCC3)c2)CCNC(=O)O1. The van der Waals surface area contributed by atoms with E-state index in [2.05, 4.69) is 12.2 Å². The van der Waals surface area contributed by atoms with Crippen LogP contribution >= 0.6 is 0 Å². The van der Waals surface area contributed by atoms with Crippen molar-refractivity contribution in [2.75, 3.05) is 13.7 Å². The molecule has 0 bridgehead atoms. The van der Waals surface area contributed by atoms with Gasteiger partial charge in [0.1, 0.15) is 5.60 Å². The van der Waals surface area contributed by atoms with E-state index >= 15 is 0 Å². The van der Waals surface area contributed by atoms with Gasteiger partial charge in [-0.1, -0.05) is 19.4 Å². The van der Waals surface area contributed by atoms with Crippen molar-refractivity contribution >= 4 is 6.09 Å². The molecule has 25 heavy (non-hydrogen) atoms. The minimum Gasteiger partial charge on any atom is -0.493 e. The molecule has 1 aromatic carbocycles. The maximum absolute atomic E-state index is 11.9. The van der Waals surface area contributed by atoms with E-state index in [-0.39, 0.29) is 12.2 Å². The Kier molecular flexibility index (Phi) is 5.71. The lowest BCUT2D eigenvalue weighted by Crippen LogP contribution is -2.45. The van der Waals surface area contributed by atoms with E-state index in [9.17, 15) is 4.79 Å². The third-order valence-electron chi connectivity index (χ3n) is 5.31. The number of ether oxygens (including phenoxy) is 3. The fraction of sp³-hybridized carbons (Fsp3) is 0.650. The van der Waals surface area contributed by atoms with Crippen LogP contribution in [0.5, 0.6) is 11.5 Å². The smallest absolute Gasteiger partial charge is 0.408 e. The first-order valence-corrected chi connectivity index (χ1v) is 9.49. The number of hydrogen-bond donors (Lipinski definition) is 1. The van der Waals surface area contributed by atoms with Crippen molar-refractivity contribution in [3.8, 4) is 11.5 Å². The van der Waals surface area contributed by atoms with Gasteiger partial charge in [0, 0.05) is 13.0 Å². The Balaban J connectivity index is 1.90. The summed E-state index contributed by atoms with van der Waals surface area (Å²) in [4.78, 5) is 11.9. The second-order valence-corrected chi connectivity index (χ2v) is 7.05. The summed E-state index contributed by atoms with van der Waals surface area (Å²) < 4.78 is 17.5. The summed E-state index contributed by atoms with van der Waals surface area (Å²) in [6.45, 7) is 2.78. The monoisotopic (exact) mass is 347 g/mol. The molecule has 138 valence electrons. The molecule has 1 heterocycles. The number of nitrogens with one attached hydrogen (secondary N) is 1. The quantitative estimate of drug-likeness (QED) is 0.787. The first kappa shape index (κ1) is 17.9. The summed E-state index contributed by atoms with van der Waals surface area (Å²) in [6.07, 6.45) is 8.21. The van der Waals surface area contributed by atoms with Gasteiger partial charge in [-0.3, -0.25) is 0 Å². The van der Waals surface area contributed by atoms with Crippen LogP contribution < -0.4 is 14.8 Å². The third-order valence-corrected chi connectivity index (χ3v) is 5.31. The van der Waals surface area contributed by atoms with Crippen molar-refractivity contribution in [3.05, 3.63) is 23.8 Å². The zero-order valence-electron chi connectivity index (χ0n) is 15.3. The molecule has 2 aliphatic rings. The molecule has 0 aromatic heterocycles. The van der Waals surface area contributed by atoms with E-state index in [0.29, 0.717) is 6.54 Å². The van der Waals surface area contributed by atoms with Crippen LogP contribution in [0.1, 0.15) is 63.9 Å². The highest BCUT2D eigenvalue weighted by Gasteiger charge is 2.39. The minimum atomic E-state index is -0.571. The number of hydrogen-bond acceptors (Lipinski definition) is 4. The highest BCUT2D eigenvalue weighted by Crippen LogP contribution is 2.41. The molecule has 1 unspecified atom stereocenters. The zero-order valence-corrected chi connectivity index (χ0v) is 15.3. The number of carbonyl (C=O) groups is 1. The number of unbranched alkanes of at least 4 members (excludes halogenated alkanes) is 1. The third kappa shape index (κ3) is 4.02. The summed E-state index contributed by atoms with van der Waals surface area (Å²) in [5.41, 5.74) is 0.433. The molecule has 1 saturated heterocycles. The summed E-state index contributed by atoms with van der Waals surface area (Å²) >= 11 is 0. The zero-order chi connectivity index (χ0) is 17.7. The van der Waals surface area contributed by atoms with Crippen LogP contribution in [-0.4, -0.2) is 25.9 Å². The second kappa shape index (κ2) is 7.98. The Hall–Kier alpha value is -1.91. The summed E-state index contributed by atoms with van der Waals surface area (Å²) in [7, 11) is 1.66. The lowest BCUT2D eigenvalue weighted by molar-refractivity contribution is -0.0252. The molecule has 0 spiro atoms. The van der Waals surface area contributed by atoms with E-state index in [4.69, 9.17) is 14.2 Å². The van der Waals surface area contributed by atoms with Crippen LogP contribution in [0.4, 0.5) is 4.79 Å². The molecular weight excluding hydrogens is 318 g/mol. The average molecular weight is 347 g/mol. The molecule has 1 saturated carbocycles. The fourth-order valence-electron chi connectivity index (χ4n) is 3.85. The number of alkyl carbamates (subject to hydrolysis) is 1. The Labute approximate surface area is 150 Å². The van der Waals surface area contributed by atoms with Crippen molar-refractivity contribution in [2.24, 2.45) is 0 Å². The van der Waals surface area contributed by atoms with E-state index in [1.807, 2.05) is 18.2 Å². The van der Waals surface area contributed by atoms with Gasteiger partial charge >= 0.3 is 6.09 Å². The van der Waals surface area contributed by atoms with Crippen molar-refractivity contribution in [3.63, 3.8) is 0 Å². The lowest BCUT2D eigenvalue weighted by atomic mass is 9.84. The number of methoxy groups -OCH3 is 1. The highest BCUT2D eigenvalue weighted by atomic mass is 16.6. The molecule has 3 rings (SSSR count). The topological polar surface area (TPSA) is 56.8 Å². The number of amides is 1. The van der Waals surface area contributed by atoms with Gasteiger partial charge in [0.2, 0.25) is 0 Å². The van der Waals surface area contributed by atoms with Gasteiger partial charge in [-0.25, -0.2) is 4.79 Å². The van der Waals surface area contributed by atoms with Crippen molar-refractivity contribution in [1.29, 1.82) is 0 Å². The van der Waals surface area contributed by atoms with Crippen molar-refractivity contribution < 1.29 is 19.0 Å². The van der Waals surface area contributed by atoms with Crippen LogP contribution in [0.25, 0.3) is 0 Å². The van der Waals surface area contributed by atoms with Crippen molar-refractivity contribution in [1.82, 2.24) is 5.32 Å². The van der Waals surface area contributed by atoms with Crippen LogP contribution in [-0.2, 0) is 10.3 Å². The molecule has 1 aliphatic heterocycles. The lowest BCUT2D eigenvalue weighted by Gasteiger charge is -2.38. The predicted molar refractivity (Wildman–Crippen MR) is 96.2 cm³/mol. The maximum atomic E-state index is 11.9. The van der Waals surface area contributed by atoms with Crippen LogP contribution in [0.2, 0.25) is 0 Å². The van der Waals surface area contributed by atoms with Crippen LogP contribution in [0.3, 0.4) is 0 Å². The fourth-order valence-corrected chi connectivity index (χ4v) is 3.85. The predicted octanol–water partition coefficient (Wildman–Crippen LogP) is 4.53. The Morgan fingerprint density at radius 3 is 2.76 bits per heavy atom. The Morgan fingerprint density at radius 2 is 2.08 bits per heavy atom. The Morgan fingerprint density at radius 1 is 1.28 bits per heavy atom. The molecule has 2 fully saturated rings. The van der Waals surface area contributed by atoms with E-state index < -0.39 is 5.60 Å². The van der Waals surface area contributed by atoms with Gasteiger partial charge < -0.3 is 19.5 Å². The first-order chi connectivity index (χ1) is 12.2. The summed E-state index contributed by atoms with van der Waals surface area (Å²) in [5, 5.41) is 2.76. The molecule has 1 N–H and O–H groups in total. The molecule has 5 heteroatoms. The number of cyclic esters (lactones) is 1. The standard InChI is InChI=1S/C20H29NO4/c1-3-4-11-20(12-13-21-19(22)25-20)15-9-10-17(23-2)18(14-15)24-16-7-5-6-8-16/h9-10,14,16H,3-8,11-13H2,1-2H3,(H,21,22). The largest absolute Gasteiger partial charge is 0.493 e. The van der Waals surface area contributed by atoms with Crippen LogP contribution in [0.15, 0.2) is 18.2 Å². The van der Waals surface area contributed by atoms with E-state index in [1.54, 1.807) is 7.11 Å².